The minimum Gasteiger partial charge on any atom is -0.480 e. The fourth-order valence-corrected chi connectivity index (χ4v) is 1.78. The topological polar surface area (TPSA) is 91.6 Å². The number of aliphatic carboxylic acids is 1. The van der Waals surface area contributed by atoms with E-state index in [1.807, 2.05) is 7.05 Å². The summed E-state index contributed by atoms with van der Waals surface area (Å²) in [5, 5.41) is 15.9. The van der Waals surface area contributed by atoms with Gasteiger partial charge in [-0.1, -0.05) is 5.21 Å². The molecule has 1 aliphatic rings. The van der Waals surface area contributed by atoms with Crippen LogP contribution in [0.1, 0.15) is 10.5 Å². The molecular weight excluding hydrogens is 238 g/mol. The van der Waals surface area contributed by atoms with Gasteiger partial charge >= 0.3 is 5.97 Å². The third kappa shape index (κ3) is 2.83. The number of hydrogen-bond acceptors (Lipinski definition) is 5. The van der Waals surface area contributed by atoms with E-state index in [1.165, 1.54) is 6.20 Å². The SMILES string of the molecule is CN1CCN(C(=O)c2cn(CC(=O)O)nn2)CC1. The van der Waals surface area contributed by atoms with Crippen LogP contribution in [0.5, 0.6) is 0 Å². The molecule has 0 aliphatic carbocycles. The first-order valence-electron chi connectivity index (χ1n) is 5.66. The summed E-state index contributed by atoms with van der Waals surface area (Å²) in [6.45, 7) is 2.68. The highest BCUT2D eigenvalue weighted by atomic mass is 16.4. The minimum absolute atomic E-state index is 0.195. The van der Waals surface area contributed by atoms with E-state index < -0.39 is 5.97 Å². The van der Waals surface area contributed by atoms with E-state index in [2.05, 4.69) is 15.2 Å². The lowest BCUT2D eigenvalue weighted by Gasteiger charge is -2.31. The lowest BCUT2D eigenvalue weighted by molar-refractivity contribution is -0.137. The van der Waals surface area contributed by atoms with Crippen LogP contribution in [0, 0.1) is 0 Å². The van der Waals surface area contributed by atoms with E-state index in [0.717, 1.165) is 17.8 Å². The van der Waals surface area contributed by atoms with E-state index in [-0.39, 0.29) is 18.1 Å². The Morgan fingerprint density at radius 3 is 2.61 bits per heavy atom. The van der Waals surface area contributed by atoms with Crippen molar-refractivity contribution in [3.63, 3.8) is 0 Å². The summed E-state index contributed by atoms with van der Waals surface area (Å²) in [6.07, 6.45) is 1.37. The maximum absolute atomic E-state index is 12.0. The summed E-state index contributed by atoms with van der Waals surface area (Å²) < 4.78 is 1.14. The van der Waals surface area contributed by atoms with Crippen molar-refractivity contribution in [3.05, 3.63) is 11.9 Å². The van der Waals surface area contributed by atoms with Gasteiger partial charge in [0.25, 0.3) is 5.91 Å². The largest absolute Gasteiger partial charge is 0.480 e. The molecule has 1 fully saturated rings. The normalized spacial score (nSPS) is 16.8. The molecule has 0 spiro atoms. The molecule has 98 valence electrons. The molecule has 2 rings (SSSR count). The summed E-state index contributed by atoms with van der Waals surface area (Å²) in [7, 11) is 2.00. The molecule has 0 saturated carbocycles. The van der Waals surface area contributed by atoms with Crippen LogP contribution in [-0.2, 0) is 11.3 Å². The average Bonchev–Trinajstić information content (AvgIpc) is 2.76. The maximum atomic E-state index is 12.0. The number of nitrogens with zero attached hydrogens (tertiary/aromatic N) is 5. The van der Waals surface area contributed by atoms with Crippen molar-refractivity contribution in [1.29, 1.82) is 0 Å². The van der Waals surface area contributed by atoms with E-state index in [9.17, 15) is 9.59 Å². The molecule has 0 radical (unpaired) electrons. The predicted molar refractivity (Wildman–Crippen MR) is 61.1 cm³/mol. The van der Waals surface area contributed by atoms with Crippen molar-refractivity contribution in [3.8, 4) is 0 Å². The Kier molecular flexibility index (Phi) is 3.56. The fourth-order valence-electron chi connectivity index (χ4n) is 1.78. The Hall–Kier alpha value is -1.96. The summed E-state index contributed by atoms with van der Waals surface area (Å²) in [5.74, 6) is -1.21. The Labute approximate surface area is 104 Å². The van der Waals surface area contributed by atoms with Gasteiger partial charge in [0.05, 0.1) is 6.20 Å². The van der Waals surface area contributed by atoms with Gasteiger partial charge in [-0.15, -0.1) is 5.10 Å². The summed E-state index contributed by atoms with van der Waals surface area (Å²) in [5.41, 5.74) is 0.195. The van der Waals surface area contributed by atoms with Crippen LogP contribution in [0.25, 0.3) is 0 Å². The molecule has 0 atom stereocenters. The molecule has 0 unspecified atom stereocenters. The first kappa shape index (κ1) is 12.5. The molecule has 18 heavy (non-hydrogen) atoms. The second-order valence-corrected chi connectivity index (χ2v) is 4.29. The molecule has 1 aromatic heterocycles. The van der Waals surface area contributed by atoms with Crippen LogP contribution in [0.15, 0.2) is 6.20 Å². The van der Waals surface area contributed by atoms with E-state index >= 15 is 0 Å². The number of likely N-dealkylation sites (N-methyl/N-ethyl adjacent to an activating group) is 1. The molecular formula is C10H15N5O3. The van der Waals surface area contributed by atoms with Crippen molar-refractivity contribution < 1.29 is 14.7 Å². The number of amides is 1. The van der Waals surface area contributed by atoms with E-state index in [0.29, 0.717) is 13.1 Å². The zero-order valence-electron chi connectivity index (χ0n) is 10.1. The van der Waals surface area contributed by atoms with Crippen LogP contribution in [0.4, 0.5) is 0 Å². The number of carbonyl (C=O) groups excluding carboxylic acids is 1. The molecule has 1 aromatic rings. The number of carbonyl (C=O) groups is 2. The van der Waals surface area contributed by atoms with Crippen LogP contribution in [-0.4, -0.2) is 75.0 Å². The van der Waals surface area contributed by atoms with Crippen molar-refractivity contribution in [2.75, 3.05) is 33.2 Å². The van der Waals surface area contributed by atoms with Crippen molar-refractivity contribution >= 4 is 11.9 Å². The quantitative estimate of drug-likeness (QED) is 0.723. The molecule has 1 aliphatic heterocycles. The summed E-state index contributed by atoms with van der Waals surface area (Å²) >= 11 is 0. The Bertz CT molecular complexity index is 450. The van der Waals surface area contributed by atoms with Crippen LogP contribution >= 0.6 is 0 Å². The number of rotatable bonds is 3. The average molecular weight is 253 g/mol. The van der Waals surface area contributed by atoms with Crippen LogP contribution in [0.3, 0.4) is 0 Å². The molecule has 8 heteroatoms. The zero-order chi connectivity index (χ0) is 13.1. The third-order valence-corrected chi connectivity index (χ3v) is 2.85. The van der Waals surface area contributed by atoms with E-state index in [1.54, 1.807) is 4.90 Å². The smallest absolute Gasteiger partial charge is 0.325 e. The van der Waals surface area contributed by atoms with Crippen LogP contribution < -0.4 is 0 Å². The van der Waals surface area contributed by atoms with Crippen LogP contribution in [0.2, 0.25) is 0 Å². The third-order valence-electron chi connectivity index (χ3n) is 2.85. The molecule has 0 bridgehead atoms. The van der Waals surface area contributed by atoms with Gasteiger partial charge in [0.2, 0.25) is 0 Å². The number of hydrogen-bond donors (Lipinski definition) is 1. The number of carboxylic acids is 1. The summed E-state index contributed by atoms with van der Waals surface area (Å²) in [4.78, 5) is 26.4. The zero-order valence-corrected chi connectivity index (χ0v) is 10.1. The molecule has 2 heterocycles. The molecule has 0 aromatic carbocycles. The standard InChI is InChI=1S/C10H15N5O3/c1-13-2-4-14(5-3-13)10(18)8-6-15(12-11-8)7-9(16)17/h6H,2-5,7H2,1H3,(H,16,17). The number of carboxylic acid groups (broad SMARTS) is 1. The lowest BCUT2D eigenvalue weighted by atomic mass is 10.3. The van der Waals surface area contributed by atoms with Gasteiger partial charge < -0.3 is 14.9 Å². The van der Waals surface area contributed by atoms with Gasteiger partial charge in [-0.25, -0.2) is 4.68 Å². The minimum atomic E-state index is -1.02. The van der Waals surface area contributed by atoms with Gasteiger partial charge in [-0.05, 0) is 7.05 Å². The number of piperazine rings is 1. The van der Waals surface area contributed by atoms with Crippen molar-refractivity contribution in [2.24, 2.45) is 0 Å². The van der Waals surface area contributed by atoms with Gasteiger partial charge in [-0.2, -0.15) is 0 Å². The molecule has 1 saturated heterocycles. The van der Waals surface area contributed by atoms with Gasteiger partial charge in [0, 0.05) is 26.2 Å². The van der Waals surface area contributed by atoms with Gasteiger partial charge in [-0.3, -0.25) is 9.59 Å². The summed E-state index contributed by atoms with van der Waals surface area (Å²) in [6, 6.07) is 0. The van der Waals surface area contributed by atoms with Gasteiger partial charge in [0.1, 0.15) is 6.54 Å². The Morgan fingerprint density at radius 1 is 1.33 bits per heavy atom. The second-order valence-electron chi connectivity index (χ2n) is 4.29. The number of aromatic nitrogens is 3. The van der Waals surface area contributed by atoms with Gasteiger partial charge in [0.15, 0.2) is 5.69 Å². The first-order valence-corrected chi connectivity index (χ1v) is 5.66. The maximum Gasteiger partial charge on any atom is 0.325 e. The first-order chi connectivity index (χ1) is 8.56. The van der Waals surface area contributed by atoms with Crippen molar-refractivity contribution in [2.45, 2.75) is 6.54 Å². The Balaban J connectivity index is 2.00. The highest BCUT2D eigenvalue weighted by Crippen LogP contribution is 2.05. The monoisotopic (exact) mass is 253 g/mol. The van der Waals surface area contributed by atoms with E-state index in [4.69, 9.17) is 5.11 Å². The Morgan fingerprint density at radius 2 is 2.00 bits per heavy atom. The van der Waals surface area contributed by atoms with Crippen molar-refractivity contribution in [1.82, 2.24) is 24.8 Å². The molecule has 1 amide bonds. The molecule has 1 N–H and O–H groups in total. The second kappa shape index (κ2) is 5.13. The fraction of sp³-hybridized carbons (Fsp3) is 0.600. The molecule has 8 nitrogen and oxygen atoms in total. The highest BCUT2D eigenvalue weighted by Gasteiger charge is 2.22. The predicted octanol–water partition coefficient (Wildman–Crippen LogP) is -1.25. The highest BCUT2D eigenvalue weighted by molar-refractivity contribution is 5.92. The lowest BCUT2D eigenvalue weighted by Crippen LogP contribution is -2.47.